The lowest BCUT2D eigenvalue weighted by Gasteiger charge is -2.09. The lowest BCUT2D eigenvalue weighted by Crippen LogP contribution is -2.36. The number of aromatic nitrogens is 1. The van der Waals surface area contributed by atoms with Gasteiger partial charge in [0.15, 0.2) is 0 Å². The number of H-pyrrole nitrogens is 1. The maximum atomic E-state index is 13.5. The number of carboxylic acids is 1. The predicted molar refractivity (Wildman–Crippen MR) is 80.7 cm³/mol. The van der Waals surface area contributed by atoms with Crippen LogP contribution in [0.2, 0.25) is 0 Å². The molecule has 1 aromatic carbocycles. The first-order valence-electron chi connectivity index (χ1n) is 7.27. The molecule has 1 fully saturated rings. The topological polar surface area (TPSA) is 94.2 Å². The van der Waals surface area contributed by atoms with Crippen LogP contribution in [0.1, 0.15) is 16.9 Å². The molecule has 4 N–H and O–H groups in total. The molecule has 0 radical (unpaired) electrons. The molecule has 2 aromatic rings. The Labute approximate surface area is 139 Å². The van der Waals surface area contributed by atoms with Gasteiger partial charge in [0, 0.05) is 23.5 Å². The summed E-state index contributed by atoms with van der Waals surface area (Å²) in [6.07, 6.45) is -4.15. The molecule has 1 amide bonds. The molecule has 136 valence electrons. The van der Waals surface area contributed by atoms with Crippen molar-refractivity contribution in [3.8, 4) is 0 Å². The van der Waals surface area contributed by atoms with E-state index in [1.807, 2.05) is 0 Å². The second-order valence-corrected chi connectivity index (χ2v) is 5.35. The van der Waals surface area contributed by atoms with Gasteiger partial charge in [-0.1, -0.05) is 6.07 Å². The van der Waals surface area contributed by atoms with E-state index in [0.717, 1.165) is 19.5 Å². The molecular formula is C15H15F4N3O3. The molecule has 6 nitrogen and oxygen atoms in total. The van der Waals surface area contributed by atoms with Crippen molar-refractivity contribution in [3.63, 3.8) is 0 Å². The zero-order chi connectivity index (χ0) is 18.6. The Bertz CT molecular complexity index is 767. The van der Waals surface area contributed by atoms with Gasteiger partial charge in [0.05, 0.1) is 0 Å². The van der Waals surface area contributed by atoms with Crippen molar-refractivity contribution >= 4 is 22.8 Å². The number of hydrogen-bond acceptors (Lipinski definition) is 3. The van der Waals surface area contributed by atoms with Crippen LogP contribution in [0.5, 0.6) is 0 Å². The van der Waals surface area contributed by atoms with E-state index < -0.39 is 12.1 Å². The van der Waals surface area contributed by atoms with Gasteiger partial charge in [-0.2, -0.15) is 13.2 Å². The van der Waals surface area contributed by atoms with Crippen LogP contribution in [-0.4, -0.2) is 47.3 Å². The molecule has 1 aromatic heterocycles. The minimum Gasteiger partial charge on any atom is -0.475 e. The number of carbonyl (C=O) groups is 2. The standard InChI is InChI=1S/C13H14FN3O.C2HF3O2/c14-10-2-1-3-11-9(10)6-12(17-11)13(18)16-8-4-5-15-7-8;3-2(4,5)1(6)7/h1-3,6,8,15,17H,4-5,7H2,(H,16,18);(H,6,7)/t8-;/m1./s1. The molecule has 1 aliphatic rings. The molecule has 0 unspecified atom stereocenters. The summed E-state index contributed by atoms with van der Waals surface area (Å²) in [6.45, 7) is 1.71. The summed E-state index contributed by atoms with van der Waals surface area (Å²) in [4.78, 5) is 23.8. The first kappa shape index (κ1) is 18.7. The van der Waals surface area contributed by atoms with E-state index in [4.69, 9.17) is 9.90 Å². The third-order valence-electron chi connectivity index (χ3n) is 3.49. The summed E-state index contributed by atoms with van der Waals surface area (Å²) in [5, 5.41) is 13.7. The summed E-state index contributed by atoms with van der Waals surface area (Å²) < 4.78 is 45.2. The Kier molecular flexibility index (Phi) is 5.62. The maximum absolute atomic E-state index is 13.5. The second kappa shape index (κ2) is 7.51. The van der Waals surface area contributed by atoms with Crippen LogP contribution < -0.4 is 10.6 Å². The SMILES string of the molecule is O=C(N[C@@H]1CCNC1)c1cc2c(F)cccc2[nH]1.O=C(O)C(F)(F)F. The normalized spacial score (nSPS) is 17.0. The average Bonchev–Trinajstić information content (AvgIpc) is 3.16. The van der Waals surface area contributed by atoms with Crippen molar-refractivity contribution in [1.82, 2.24) is 15.6 Å². The van der Waals surface area contributed by atoms with Crippen molar-refractivity contribution in [2.45, 2.75) is 18.6 Å². The van der Waals surface area contributed by atoms with Crippen LogP contribution in [0.25, 0.3) is 10.9 Å². The number of nitrogens with one attached hydrogen (secondary N) is 3. The van der Waals surface area contributed by atoms with Crippen molar-refractivity contribution in [3.05, 3.63) is 35.8 Å². The van der Waals surface area contributed by atoms with Gasteiger partial charge in [0.25, 0.3) is 5.91 Å². The number of aromatic amines is 1. The number of aliphatic carboxylic acids is 1. The summed E-state index contributed by atoms with van der Waals surface area (Å²) in [6, 6.07) is 6.48. The number of halogens is 4. The largest absolute Gasteiger partial charge is 0.490 e. The molecular weight excluding hydrogens is 346 g/mol. The van der Waals surface area contributed by atoms with Gasteiger partial charge in [0.2, 0.25) is 0 Å². The Hall–Kier alpha value is -2.62. The fraction of sp³-hybridized carbons (Fsp3) is 0.333. The highest BCUT2D eigenvalue weighted by Crippen LogP contribution is 2.18. The first-order valence-corrected chi connectivity index (χ1v) is 7.27. The van der Waals surface area contributed by atoms with Crippen LogP contribution in [0, 0.1) is 5.82 Å². The molecule has 0 saturated carbocycles. The molecule has 0 spiro atoms. The van der Waals surface area contributed by atoms with Gasteiger partial charge in [-0.15, -0.1) is 0 Å². The molecule has 3 rings (SSSR count). The van der Waals surface area contributed by atoms with Gasteiger partial charge < -0.3 is 20.7 Å². The predicted octanol–water partition coefficient (Wildman–Crippen LogP) is 2.03. The number of carboxylic acid groups (broad SMARTS) is 1. The smallest absolute Gasteiger partial charge is 0.475 e. The van der Waals surface area contributed by atoms with Crippen molar-refractivity contribution in [2.24, 2.45) is 0 Å². The maximum Gasteiger partial charge on any atom is 0.490 e. The van der Waals surface area contributed by atoms with Crippen LogP contribution in [0.15, 0.2) is 24.3 Å². The van der Waals surface area contributed by atoms with Crippen LogP contribution in [0.3, 0.4) is 0 Å². The van der Waals surface area contributed by atoms with Crippen LogP contribution in [-0.2, 0) is 4.79 Å². The fourth-order valence-corrected chi connectivity index (χ4v) is 2.28. The van der Waals surface area contributed by atoms with Gasteiger partial charge in [-0.25, -0.2) is 9.18 Å². The summed E-state index contributed by atoms with van der Waals surface area (Å²) in [7, 11) is 0. The Morgan fingerprint density at radius 3 is 2.48 bits per heavy atom. The molecule has 0 aliphatic carbocycles. The molecule has 25 heavy (non-hydrogen) atoms. The highest BCUT2D eigenvalue weighted by Gasteiger charge is 2.38. The lowest BCUT2D eigenvalue weighted by molar-refractivity contribution is -0.192. The summed E-state index contributed by atoms with van der Waals surface area (Å²) in [5.74, 6) is -3.25. The number of hydrogen-bond donors (Lipinski definition) is 4. The fourth-order valence-electron chi connectivity index (χ4n) is 2.28. The lowest BCUT2D eigenvalue weighted by atomic mass is 10.2. The number of amides is 1. The van der Waals surface area contributed by atoms with E-state index in [9.17, 15) is 22.4 Å². The molecule has 10 heteroatoms. The highest BCUT2D eigenvalue weighted by molar-refractivity contribution is 5.98. The molecule has 1 aliphatic heterocycles. The van der Waals surface area contributed by atoms with Crippen molar-refractivity contribution < 1.29 is 32.3 Å². The number of rotatable bonds is 2. The first-order chi connectivity index (χ1) is 11.7. The molecule has 0 bridgehead atoms. The minimum absolute atomic E-state index is 0.161. The summed E-state index contributed by atoms with van der Waals surface area (Å²) in [5.41, 5.74) is 1.05. The van der Waals surface area contributed by atoms with Gasteiger partial charge in [0.1, 0.15) is 11.5 Å². The number of alkyl halides is 3. The number of fused-ring (bicyclic) bond motifs is 1. The highest BCUT2D eigenvalue weighted by atomic mass is 19.4. The van der Waals surface area contributed by atoms with E-state index in [2.05, 4.69) is 15.6 Å². The Morgan fingerprint density at radius 1 is 1.28 bits per heavy atom. The van der Waals surface area contributed by atoms with Crippen LogP contribution in [0.4, 0.5) is 17.6 Å². The molecule has 1 saturated heterocycles. The zero-order valence-electron chi connectivity index (χ0n) is 12.8. The van der Waals surface area contributed by atoms with Crippen LogP contribution >= 0.6 is 0 Å². The minimum atomic E-state index is -5.08. The number of benzene rings is 1. The Morgan fingerprint density at radius 2 is 1.96 bits per heavy atom. The van der Waals surface area contributed by atoms with Gasteiger partial charge >= 0.3 is 12.1 Å². The quantitative estimate of drug-likeness (QED) is 0.616. The van der Waals surface area contributed by atoms with Crippen molar-refractivity contribution in [2.75, 3.05) is 13.1 Å². The number of carbonyl (C=O) groups excluding carboxylic acids is 1. The van der Waals surface area contributed by atoms with E-state index in [-0.39, 0.29) is 17.8 Å². The third-order valence-corrected chi connectivity index (χ3v) is 3.49. The zero-order valence-corrected chi connectivity index (χ0v) is 12.8. The van der Waals surface area contributed by atoms with Gasteiger partial charge in [-0.3, -0.25) is 4.79 Å². The van der Waals surface area contributed by atoms with E-state index in [0.29, 0.717) is 16.6 Å². The van der Waals surface area contributed by atoms with E-state index in [1.165, 1.54) is 6.07 Å². The van der Waals surface area contributed by atoms with E-state index >= 15 is 0 Å². The van der Waals surface area contributed by atoms with E-state index in [1.54, 1.807) is 18.2 Å². The monoisotopic (exact) mass is 361 g/mol. The second-order valence-electron chi connectivity index (χ2n) is 5.35. The van der Waals surface area contributed by atoms with Gasteiger partial charge in [-0.05, 0) is 31.2 Å². The summed E-state index contributed by atoms with van der Waals surface area (Å²) >= 11 is 0. The average molecular weight is 361 g/mol. The molecule has 1 atom stereocenters. The molecule has 2 heterocycles. The third kappa shape index (κ3) is 4.92. The Balaban J connectivity index is 0.000000277. The van der Waals surface area contributed by atoms with Crippen molar-refractivity contribution in [1.29, 1.82) is 0 Å².